The maximum absolute atomic E-state index is 5.48. The van der Waals surface area contributed by atoms with Gasteiger partial charge in [0, 0.05) is 17.8 Å². The number of ether oxygens (including phenoxy) is 1. The summed E-state index contributed by atoms with van der Waals surface area (Å²) in [6, 6.07) is 0. The lowest BCUT2D eigenvalue weighted by atomic mass is 10.1. The molecule has 2 N–H and O–H groups in total. The number of hydrogen-bond acceptors (Lipinski definition) is 4. The summed E-state index contributed by atoms with van der Waals surface area (Å²) in [5.41, 5.74) is 6.50. The zero-order valence-electron chi connectivity index (χ0n) is 6.70. The third-order valence-electron chi connectivity index (χ3n) is 1.53. The second-order valence-corrected chi connectivity index (χ2v) is 3.20. The van der Waals surface area contributed by atoms with Gasteiger partial charge >= 0.3 is 0 Å². The first-order valence-corrected chi connectivity index (χ1v) is 4.35. The van der Waals surface area contributed by atoms with Crippen molar-refractivity contribution < 1.29 is 4.74 Å². The fraction of sp³-hybridized carbons (Fsp3) is 0.571. The Labute approximate surface area is 70.2 Å². The van der Waals surface area contributed by atoms with E-state index in [0.717, 1.165) is 5.69 Å². The summed E-state index contributed by atoms with van der Waals surface area (Å²) in [6.45, 7) is 2.68. The van der Waals surface area contributed by atoms with Gasteiger partial charge in [-0.15, -0.1) is 0 Å². The van der Waals surface area contributed by atoms with Crippen molar-refractivity contribution in [2.75, 3.05) is 13.7 Å². The zero-order chi connectivity index (χ0) is 8.27. The van der Waals surface area contributed by atoms with Gasteiger partial charge in [-0.1, -0.05) is 18.3 Å². The molecule has 3 nitrogen and oxygen atoms in total. The molecule has 0 saturated heterocycles. The van der Waals surface area contributed by atoms with Crippen LogP contribution in [0.1, 0.15) is 18.5 Å². The topological polar surface area (TPSA) is 48.1 Å². The minimum Gasteiger partial charge on any atom is -0.473 e. The van der Waals surface area contributed by atoms with E-state index < -0.39 is 0 Å². The number of nitrogens with two attached hydrogens (primary N) is 1. The Morgan fingerprint density at radius 3 is 3.00 bits per heavy atom. The van der Waals surface area contributed by atoms with Crippen LogP contribution in [0, 0.1) is 0 Å². The fourth-order valence-corrected chi connectivity index (χ4v) is 1.47. The van der Waals surface area contributed by atoms with Crippen LogP contribution in [-0.4, -0.2) is 18.6 Å². The molecule has 1 atom stereocenters. The SMILES string of the molecule is COc1nc(C(C)CN)cs1. The third-order valence-corrected chi connectivity index (χ3v) is 2.35. The molecule has 0 aromatic carbocycles. The Hall–Kier alpha value is -0.610. The van der Waals surface area contributed by atoms with Gasteiger partial charge in [-0.2, -0.15) is 0 Å². The van der Waals surface area contributed by atoms with Crippen LogP contribution in [0.15, 0.2) is 5.38 Å². The summed E-state index contributed by atoms with van der Waals surface area (Å²) in [5, 5.41) is 2.69. The molecule has 0 spiro atoms. The quantitative estimate of drug-likeness (QED) is 0.745. The van der Waals surface area contributed by atoms with Gasteiger partial charge in [0.25, 0.3) is 5.19 Å². The minimum absolute atomic E-state index is 0.329. The highest BCUT2D eigenvalue weighted by Gasteiger charge is 2.07. The highest BCUT2D eigenvalue weighted by Crippen LogP contribution is 2.22. The van der Waals surface area contributed by atoms with Crippen molar-refractivity contribution in [1.82, 2.24) is 4.98 Å². The molecule has 1 heterocycles. The molecule has 1 rings (SSSR count). The smallest absolute Gasteiger partial charge is 0.273 e. The minimum atomic E-state index is 0.329. The molecule has 11 heavy (non-hydrogen) atoms. The van der Waals surface area contributed by atoms with Crippen molar-refractivity contribution in [1.29, 1.82) is 0 Å². The molecule has 0 aliphatic rings. The van der Waals surface area contributed by atoms with E-state index in [4.69, 9.17) is 10.5 Å². The van der Waals surface area contributed by atoms with E-state index in [1.807, 2.05) is 5.38 Å². The van der Waals surface area contributed by atoms with Crippen LogP contribution >= 0.6 is 11.3 Å². The second-order valence-electron chi connectivity index (χ2n) is 2.38. The van der Waals surface area contributed by atoms with E-state index in [0.29, 0.717) is 17.7 Å². The monoisotopic (exact) mass is 172 g/mol. The number of nitrogens with zero attached hydrogens (tertiary/aromatic N) is 1. The molecular formula is C7H12N2OS. The highest BCUT2D eigenvalue weighted by atomic mass is 32.1. The van der Waals surface area contributed by atoms with Gasteiger partial charge in [0.1, 0.15) is 0 Å². The van der Waals surface area contributed by atoms with Gasteiger partial charge in [0.2, 0.25) is 0 Å². The molecule has 1 unspecified atom stereocenters. The fourth-order valence-electron chi connectivity index (χ4n) is 0.710. The summed E-state index contributed by atoms with van der Waals surface area (Å²) in [6.07, 6.45) is 0. The first-order valence-electron chi connectivity index (χ1n) is 3.47. The lowest BCUT2D eigenvalue weighted by molar-refractivity contribution is 0.410. The van der Waals surface area contributed by atoms with Crippen LogP contribution in [0.25, 0.3) is 0 Å². The van der Waals surface area contributed by atoms with Crippen molar-refractivity contribution in [3.63, 3.8) is 0 Å². The molecule has 0 aliphatic carbocycles. The second kappa shape index (κ2) is 3.69. The Kier molecular flexibility index (Phi) is 2.84. The summed E-state index contributed by atoms with van der Waals surface area (Å²) in [5.74, 6) is 0.329. The first kappa shape index (κ1) is 8.49. The number of aromatic nitrogens is 1. The van der Waals surface area contributed by atoms with Gasteiger partial charge in [-0.25, -0.2) is 4.98 Å². The molecular weight excluding hydrogens is 160 g/mol. The predicted molar refractivity (Wildman–Crippen MR) is 46.1 cm³/mol. The van der Waals surface area contributed by atoms with Gasteiger partial charge in [-0.3, -0.25) is 0 Å². The van der Waals surface area contributed by atoms with Crippen molar-refractivity contribution >= 4 is 11.3 Å². The summed E-state index contributed by atoms with van der Waals surface area (Å²) < 4.78 is 4.96. The largest absolute Gasteiger partial charge is 0.473 e. The molecule has 0 saturated carbocycles. The normalized spacial score (nSPS) is 13.0. The Balaban J connectivity index is 2.71. The van der Waals surface area contributed by atoms with E-state index in [-0.39, 0.29) is 0 Å². The Morgan fingerprint density at radius 2 is 2.55 bits per heavy atom. The third kappa shape index (κ3) is 1.91. The Morgan fingerprint density at radius 1 is 1.82 bits per heavy atom. The molecule has 1 aromatic rings. The van der Waals surface area contributed by atoms with Gasteiger partial charge in [-0.05, 0) is 0 Å². The first-order chi connectivity index (χ1) is 5.27. The van der Waals surface area contributed by atoms with Crippen molar-refractivity contribution in [2.45, 2.75) is 12.8 Å². The number of rotatable bonds is 3. The molecule has 62 valence electrons. The van der Waals surface area contributed by atoms with Crippen LogP contribution in [0.4, 0.5) is 0 Å². The lowest BCUT2D eigenvalue weighted by Gasteiger charge is -2.01. The van der Waals surface area contributed by atoms with E-state index in [2.05, 4.69) is 11.9 Å². The van der Waals surface area contributed by atoms with Gasteiger partial charge in [0.15, 0.2) is 0 Å². The van der Waals surface area contributed by atoms with Crippen molar-refractivity contribution in [3.8, 4) is 5.19 Å². The van der Waals surface area contributed by atoms with Crippen LogP contribution in [0.5, 0.6) is 5.19 Å². The van der Waals surface area contributed by atoms with Crippen LogP contribution in [0.2, 0.25) is 0 Å². The average Bonchev–Trinajstić information content (AvgIpc) is 2.50. The standard InChI is InChI=1S/C7H12N2OS/c1-5(3-8)6-4-11-7(9-6)10-2/h4-5H,3,8H2,1-2H3. The van der Waals surface area contributed by atoms with Crippen LogP contribution in [-0.2, 0) is 0 Å². The van der Waals surface area contributed by atoms with E-state index in [9.17, 15) is 0 Å². The highest BCUT2D eigenvalue weighted by molar-refractivity contribution is 7.11. The molecule has 0 bridgehead atoms. The summed E-state index contributed by atoms with van der Waals surface area (Å²) >= 11 is 1.50. The number of methoxy groups -OCH3 is 1. The van der Waals surface area contributed by atoms with Crippen LogP contribution in [0.3, 0.4) is 0 Å². The van der Waals surface area contributed by atoms with E-state index >= 15 is 0 Å². The zero-order valence-corrected chi connectivity index (χ0v) is 7.52. The van der Waals surface area contributed by atoms with Crippen molar-refractivity contribution in [3.05, 3.63) is 11.1 Å². The Bertz CT molecular complexity index is 224. The number of hydrogen-bond donors (Lipinski definition) is 1. The predicted octanol–water partition coefficient (Wildman–Crippen LogP) is 1.21. The molecule has 0 amide bonds. The molecule has 0 fully saturated rings. The summed E-state index contributed by atoms with van der Waals surface area (Å²) in [4.78, 5) is 4.22. The van der Waals surface area contributed by atoms with Gasteiger partial charge < -0.3 is 10.5 Å². The van der Waals surface area contributed by atoms with Crippen molar-refractivity contribution in [2.24, 2.45) is 5.73 Å². The average molecular weight is 172 g/mol. The molecule has 0 radical (unpaired) electrons. The van der Waals surface area contributed by atoms with E-state index in [1.54, 1.807) is 7.11 Å². The summed E-state index contributed by atoms with van der Waals surface area (Å²) in [7, 11) is 1.62. The number of thiazole rings is 1. The maximum Gasteiger partial charge on any atom is 0.273 e. The van der Waals surface area contributed by atoms with Crippen LogP contribution < -0.4 is 10.5 Å². The lowest BCUT2D eigenvalue weighted by Crippen LogP contribution is -2.08. The maximum atomic E-state index is 5.48. The van der Waals surface area contributed by atoms with Gasteiger partial charge in [0.05, 0.1) is 12.8 Å². The molecule has 0 aliphatic heterocycles. The molecule has 4 heteroatoms. The van der Waals surface area contributed by atoms with E-state index in [1.165, 1.54) is 11.3 Å². The molecule has 1 aromatic heterocycles.